The molecule has 1 aliphatic rings. The molecule has 1 fully saturated rings. The number of amides is 1. The molecule has 5 rings (SSSR count). The quantitative estimate of drug-likeness (QED) is 0.242. The van der Waals surface area contributed by atoms with E-state index < -0.39 is 0 Å². The van der Waals surface area contributed by atoms with E-state index in [0.29, 0.717) is 35.1 Å². The second-order valence-electron chi connectivity index (χ2n) is 12.8. The molecule has 230 valence electrons. The lowest BCUT2D eigenvalue weighted by atomic mass is 9.86. The van der Waals surface area contributed by atoms with Gasteiger partial charge in [-0.15, -0.1) is 0 Å². The van der Waals surface area contributed by atoms with Crippen LogP contribution in [0.5, 0.6) is 0 Å². The Morgan fingerprint density at radius 1 is 0.977 bits per heavy atom. The number of hydrogen-bond donors (Lipinski definition) is 2. The Kier molecular flexibility index (Phi) is 9.77. The summed E-state index contributed by atoms with van der Waals surface area (Å²) < 4.78 is 7.03. The van der Waals surface area contributed by atoms with E-state index in [1.807, 2.05) is 49.4 Å². The standard InChI is InChI=1S/C37H44N4O3/c1-25-31(7-6-8-32(25)40-35(42)28-13-15-29(16-14-28)37(2,3)4)34-24-41(5)36(43)33(39-34)23-27-11-9-26(10-12-27)17-20-38-30-18-21-44-22-19-30/h6-16,24,30,38H,17-23H2,1-5H3,(H,40,42). The van der Waals surface area contributed by atoms with Crippen LogP contribution in [0.1, 0.15) is 71.9 Å². The van der Waals surface area contributed by atoms with Crippen LogP contribution >= 0.6 is 0 Å². The van der Waals surface area contributed by atoms with Crippen LogP contribution in [0.2, 0.25) is 0 Å². The van der Waals surface area contributed by atoms with Gasteiger partial charge in [-0.3, -0.25) is 9.59 Å². The van der Waals surface area contributed by atoms with E-state index in [9.17, 15) is 9.59 Å². The maximum Gasteiger partial charge on any atom is 0.272 e. The molecule has 2 N–H and O–H groups in total. The van der Waals surface area contributed by atoms with Crippen LogP contribution in [0.3, 0.4) is 0 Å². The van der Waals surface area contributed by atoms with Crippen molar-refractivity contribution < 1.29 is 9.53 Å². The van der Waals surface area contributed by atoms with E-state index in [1.165, 1.54) is 11.1 Å². The second kappa shape index (κ2) is 13.7. The SMILES string of the molecule is Cc1c(NC(=O)c2ccc(C(C)(C)C)cc2)cccc1-c1cn(C)c(=O)c(Cc2ccc(CCNC3CCOCC3)cc2)n1. The minimum Gasteiger partial charge on any atom is -0.381 e. The first-order chi connectivity index (χ1) is 21.1. The Morgan fingerprint density at radius 2 is 1.66 bits per heavy atom. The van der Waals surface area contributed by atoms with E-state index in [-0.39, 0.29) is 16.9 Å². The number of aromatic nitrogens is 2. The first kappa shape index (κ1) is 31.4. The van der Waals surface area contributed by atoms with Gasteiger partial charge in [-0.25, -0.2) is 4.98 Å². The molecule has 7 nitrogen and oxygen atoms in total. The highest BCUT2D eigenvalue weighted by Crippen LogP contribution is 2.28. The predicted molar refractivity (Wildman–Crippen MR) is 178 cm³/mol. The molecule has 0 aliphatic carbocycles. The van der Waals surface area contributed by atoms with E-state index in [0.717, 1.165) is 55.7 Å². The van der Waals surface area contributed by atoms with Crippen molar-refractivity contribution in [2.75, 3.05) is 25.1 Å². The summed E-state index contributed by atoms with van der Waals surface area (Å²) in [6, 6.07) is 22.5. The lowest BCUT2D eigenvalue weighted by molar-refractivity contribution is 0.0782. The van der Waals surface area contributed by atoms with Gasteiger partial charge in [0.05, 0.1) is 5.69 Å². The molecule has 1 aromatic heterocycles. The average molecular weight is 593 g/mol. The summed E-state index contributed by atoms with van der Waals surface area (Å²) in [6.45, 7) is 11.1. The molecule has 2 heterocycles. The fraction of sp³-hybridized carbons (Fsp3) is 0.378. The topological polar surface area (TPSA) is 85.2 Å². The largest absolute Gasteiger partial charge is 0.381 e. The van der Waals surface area contributed by atoms with Crippen LogP contribution in [0.15, 0.2) is 77.7 Å². The Hall–Kier alpha value is -4.07. The highest BCUT2D eigenvalue weighted by atomic mass is 16.5. The first-order valence-corrected chi connectivity index (χ1v) is 15.6. The molecule has 0 atom stereocenters. The first-order valence-electron chi connectivity index (χ1n) is 15.6. The monoisotopic (exact) mass is 592 g/mol. The number of hydrogen-bond acceptors (Lipinski definition) is 5. The van der Waals surface area contributed by atoms with Crippen molar-refractivity contribution in [1.82, 2.24) is 14.9 Å². The molecule has 0 saturated carbocycles. The zero-order valence-electron chi connectivity index (χ0n) is 26.6. The molecule has 44 heavy (non-hydrogen) atoms. The van der Waals surface area contributed by atoms with Crippen molar-refractivity contribution in [3.8, 4) is 11.3 Å². The molecule has 0 bridgehead atoms. The molecule has 0 unspecified atom stereocenters. The number of benzene rings is 3. The highest BCUT2D eigenvalue weighted by Gasteiger charge is 2.17. The van der Waals surface area contributed by atoms with Crippen LogP contribution in [0.4, 0.5) is 5.69 Å². The Balaban J connectivity index is 1.28. The van der Waals surface area contributed by atoms with E-state index in [4.69, 9.17) is 9.72 Å². The van der Waals surface area contributed by atoms with Gasteiger partial charge in [-0.2, -0.15) is 0 Å². The summed E-state index contributed by atoms with van der Waals surface area (Å²) in [6.07, 6.45) is 5.32. The summed E-state index contributed by atoms with van der Waals surface area (Å²) in [5.41, 5.74) is 7.67. The minimum absolute atomic E-state index is 0.0211. The van der Waals surface area contributed by atoms with Gasteiger partial charge in [0.2, 0.25) is 0 Å². The van der Waals surface area contributed by atoms with Crippen LogP contribution in [0.25, 0.3) is 11.3 Å². The molecular formula is C37H44N4O3. The lowest BCUT2D eigenvalue weighted by Crippen LogP contribution is -2.35. The highest BCUT2D eigenvalue weighted by molar-refractivity contribution is 6.05. The maximum atomic E-state index is 13.1. The molecule has 0 spiro atoms. The number of ether oxygens (including phenoxy) is 1. The summed E-state index contributed by atoms with van der Waals surface area (Å²) in [7, 11) is 1.76. The molecular weight excluding hydrogens is 548 g/mol. The van der Waals surface area contributed by atoms with Crippen molar-refractivity contribution in [2.24, 2.45) is 7.05 Å². The van der Waals surface area contributed by atoms with E-state index in [2.05, 4.69) is 55.7 Å². The van der Waals surface area contributed by atoms with E-state index >= 15 is 0 Å². The zero-order chi connectivity index (χ0) is 31.3. The third kappa shape index (κ3) is 7.71. The molecule has 1 amide bonds. The van der Waals surface area contributed by atoms with Crippen LogP contribution < -0.4 is 16.2 Å². The average Bonchev–Trinajstić information content (AvgIpc) is 3.01. The van der Waals surface area contributed by atoms with Gasteiger partial charge in [-0.1, -0.05) is 69.3 Å². The Labute approximate surface area is 260 Å². The smallest absolute Gasteiger partial charge is 0.272 e. The third-order valence-electron chi connectivity index (χ3n) is 8.47. The number of rotatable bonds is 9. The van der Waals surface area contributed by atoms with Gasteiger partial charge in [0.15, 0.2) is 0 Å². The normalized spacial score (nSPS) is 14.0. The van der Waals surface area contributed by atoms with Gasteiger partial charge >= 0.3 is 0 Å². The predicted octanol–water partition coefficient (Wildman–Crippen LogP) is 6.21. The molecule has 1 saturated heterocycles. The summed E-state index contributed by atoms with van der Waals surface area (Å²) in [4.78, 5) is 31.0. The van der Waals surface area contributed by atoms with Crippen LogP contribution in [0, 0.1) is 6.92 Å². The fourth-order valence-electron chi connectivity index (χ4n) is 5.62. The van der Waals surface area contributed by atoms with Crippen molar-refractivity contribution in [2.45, 2.75) is 64.8 Å². The molecule has 3 aromatic carbocycles. The molecule has 1 aliphatic heterocycles. The van der Waals surface area contributed by atoms with E-state index in [1.54, 1.807) is 17.8 Å². The van der Waals surface area contributed by atoms with Gasteiger partial charge in [-0.05, 0) is 78.6 Å². The Morgan fingerprint density at radius 3 is 2.34 bits per heavy atom. The number of anilines is 1. The summed E-state index contributed by atoms with van der Waals surface area (Å²) in [5.74, 6) is -0.164. The van der Waals surface area contributed by atoms with Crippen LogP contribution in [-0.4, -0.2) is 41.3 Å². The van der Waals surface area contributed by atoms with Crippen molar-refractivity contribution in [3.63, 3.8) is 0 Å². The second-order valence-corrected chi connectivity index (χ2v) is 12.8. The number of nitrogens with one attached hydrogen (secondary N) is 2. The minimum atomic E-state index is -0.164. The number of aryl methyl sites for hydroxylation is 1. The zero-order valence-corrected chi connectivity index (χ0v) is 26.6. The third-order valence-corrected chi connectivity index (χ3v) is 8.47. The van der Waals surface area contributed by atoms with Gasteiger partial charge in [0.1, 0.15) is 5.69 Å². The summed E-state index contributed by atoms with van der Waals surface area (Å²) >= 11 is 0. The van der Waals surface area contributed by atoms with Gasteiger partial charge < -0.3 is 19.9 Å². The molecule has 0 radical (unpaired) electrons. The van der Waals surface area contributed by atoms with Crippen molar-refractivity contribution in [1.29, 1.82) is 0 Å². The lowest BCUT2D eigenvalue weighted by Gasteiger charge is -2.23. The molecule has 7 heteroatoms. The van der Waals surface area contributed by atoms with Gasteiger partial charge in [0, 0.05) is 55.7 Å². The van der Waals surface area contributed by atoms with Crippen molar-refractivity contribution in [3.05, 3.63) is 117 Å². The fourth-order valence-corrected chi connectivity index (χ4v) is 5.62. The maximum absolute atomic E-state index is 13.1. The number of nitrogens with zero attached hydrogens (tertiary/aromatic N) is 2. The van der Waals surface area contributed by atoms with Gasteiger partial charge in [0.25, 0.3) is 11.5 Å². The molecule has 4 aromatic rings. The number of carbonyl (C=O) groups excluding carboxylic acids is 1. The Bertz CT molecular complexity index is 1640. The summed E-state index contributed by atoms with van der Waals surface area (Å²) in [5, 5.41) is 6.70. The number of carbonyl (C=O) groups is 1. The van der Waals surface area contributed by atoms with Crippen molar-refractivity contribution >= 4 is 11.6 Å². The van der Waals surface area contributed by atoms with Crippen LogP contribution in [-0.2, 0) is 30.0 Å².